The first kappa shape index (κ1) is 24.7. The summed E-state index contributed by atoms with van der Waals surface area (Å²) in [6, 6.07) is 7.58. The lowest BCUT2D eigenvalue weighted by Crippen LogP contribution is -2.42. The van der Waals surface area contributed by atoms with Crippen LogP contribution in [0.4, 0.5) is 13.2 Å². The number of hydrogen-bond donors (Lipinski definition) is 0. The maximum Gasteiger partial charge on any atom is 0.412 e. The molecule has 1 aromatic rings. The second-order valence-electron chi connectivity index (χ2n) is 8.83. The van der Waals surface area contributed by atoms with E-state index in [0.29, 0.717) is 12.0 Å². The topological polar surface area (TPSA) is 52.6 Å². The van der Waals surface area contributed by atoms with Crippen molar-refractivity contribution in [1.82, 2.24) is 0 Å². The van der Waals surface area contributed by atoms with Crippen LogP contribution >= 0.6 is 0 Å². The van der Waals surface area contributed by atoms with Crippen LogP contribution in [0, 0.1) is 5.92 Å². The van der Waals surface area contributed by atoms with Crippen LogP contribution in [-0.4, -0.2) is 38.3 Å². The van der Waals surface area contributed by atoms with Crippen LogP contribution in [0.15, 0.2) is 70.7 Å². The van der Waals surface area contributed by atoms with E-state index in [1.54, 1.807) is 32.0 Å². The van der Waals surface area contributed by atoms with E-state index in [-0.39, 0.29) is 17.9 Å². The number of sulfone groups is 1. The van der Waals surface area contributed by atoms with Gasteiger partial charge in [0.25, 0.3) is 0 Å². The number of alkyl halides is 3. The molecule has 32 heavy (non-hydrogen) atoms. The zero-order chi connectivity index (χ0) is 23.7. The number of rotatable bonds is 2. The molecule has 1 aromatic carbocycles. The second kappa shape index (κ2) is 9.15. The zero-order valence-corrected chi connectivity index (χ0v) is 19.3. The summed E-state index contributed by atoms with van der Waals surface area (Å²) < 4.78 is 81.1. The van der Waals surface area contributed by atoms with Gasteiger partial charge in [-0.1, -0.05) is 42.5 Å². The van der Waals surface area contributed by atoms with Gasteiger partial charge in [-0.3, -0.25) is 0 Å². The molecular weight excluding hydrogens is 441 g/mol. The predicted octanol–water partition coefficient (Wildman–Crippen LogP) is 5.77. The Morgan fingerprint density at radius 3 is 2.44 bits per heavy atom. The minimum Gasteiger partial charge on any atom is -0.346 e. The van der Waals surface area contributed by atoms with Crippen LogP contribution in [0.2, 0.25) is 0 Å². The number of benzene rings is 1. The zero-order valence-electron chi connectivity index (χ0n) is 18.5. The molecule has 1 heterocycles. The molecule has 4 nitrogen and oxygen atoms in total. The molecule has 2 aliphatic rings. The quantitative estimate of drug-likeness (QED) is 0.515. The van der Waals surface area contributed by atoms with Gasteiger partial charge < -0.3 is 9.47 Å². The highest BCUT2D eigenvalue weighted by molar-refractivity contribution is 7.92. The molecule has 0 aromatic heterocycles. The van der Waals surface area contributed by atoms with Crippen LogP contribution in [0.5, 0.6) is 0 Å². The van der Waals surface area contributed by atoms with Crippen molar-refractivity contribution in [2.75, 3.05) is 6.61 Å². The van der Waals surface area contributed by atoms with Gasteiger partial charge in [0.1, 0.15) is 0 Å². The third-order valence-corrected chi connectivity index (χ3v) is 8.07. The molecule has 1 aliphatic heterocycles. The number of ether oxygens (including phenoxy) is 2. The molecule has 3 rings (SSSR count). The molecule has 0 spiro atoms. The summed E-state index contributed by atoms with van der Waals surface area (Å²) in [4.78, 5) is -0.0275. The first-order valence-corrected chi connectivity index (χ1v) is 12.1. The normalized spacial score (nSPS) is 30.8. The van der Waals surface area contributed by atoms with Crippen molar-refractivity contribution in [3.8, 4) is 0 Å². The van der Waals surface area contributed by atoms with E-state index < -0.39 is 51.1 Å². The smallest absolute Gasteiger partial charge is 0.346 e. The number of halogens is 3. The Balaban J connectivity index is 2.23. The summed E-state index contributed by atoms with van der Waals surface area (Å²) in [5.74, 6) is -1.96. The lowest BCUT2D eigenvalue weighted by Gasteiger charge is -2.35. The largest absolute Gasteiger partial charge is 0.412 e. The molecule has 0 N–H and O–H groups in total. The summed E-state index contributed by atoms with van der Waals surface area (Å²) in [5.41, 5.74) is 0.380. The minimum atomic E-state index is -4.64. The monoisotopic (exact) mass is 470 g/mol. The van der Waals surface area contributed by atoms with Crippen LogP contribution in [0.1, 0.15) is 40.0 Å². The van der Waals surface area contributed by atoms with Gasteiger partial charge in [-0.2, -0.15) is 13.2 Å². The van der Waals surface area contributed by atoms with Crippen molar-refractivity contribution >= 4 is 9.84 Å². The molecule has 176 valence electrons. The van der Waals surface area contributed by atoms with Gasteiger partial charge in [0.05, 0.1) is 22.9 Å². The van der Waals surface area contributed by atoms with Crippen LogP contribution in [0.3, 0.4) is 0 Å². The van der Waals surface area contributed by atoms with E-state index in [4.69, 9.17) is 9.47 Å². The fourth-order valence-electron chi connectivity index (χ4n) is 4.23. The number of fused-ring (bicyclic) bond motifs is 1. The molecule has 0 saturated carbocycles. The molecule has 0 bridgehead atoms. The standard InChI is InChI=1S/C24H29F3O4S/c1-16-9-8-10-18(24(25,26)27)14-21(32(28,29)19-11-6-5-7-12-19)22-17(2)15-30-23(3,4)31-20(22)13-16/h5-7,10-13,20-22H,2,8-9,14-15H2,1,3-4H3/b16-13+,18-10+/t20-,21?,22+/m1/s1. The Bertz CT molecular complexity index is 1010. The Kier molecular flexibility index (Phi) is 7.08. The maximum atomic E-state index is 13.9. The molecule has 8 heteroatoms. The lowest BCUT2D eigenvalue weighted by atomic mass is 9.85. The highest BCUT2D eigenvalue weighted by atomic mass is 32.2. The Hall–Kier alpha value is -1.90. The summed E-state index contributed by atoms with van der Waals surface area (Å²) in [7, 11) is -4.16. The van der Waals surface area contributed by atoms with Crippen molar-refractivity contribution < 1.29 is 31.1 Å². The minimum absolute atomic E-state index is 0.00701. The summed E-state index contributed by atoms with van der Waals surface area (Å²) in [5, 5.41) is -1.42. The SMILES string of the molecule is C=C1COC(C)(C)O[C@@H]2/C=C(\C)CC/C=C(/C(F)(F)F)CC(S(=O)(=O)c3ccccc3)[C@@H]12. The molecule has 1 unspecified atom stereocenters. The number of allylic oxidation sites excluding steroid dienone is 3. The van der Waals surface area contributed by atoms with Gasteiger partial charge in [-0.15, -0.1) is 0 Å². The van der Waals surface area contributed by atoms with Gasteiger partial charge in [-0.25, -0.2) is 8.42 Å². The third kappa shape index (κ3) is 5.53. The molecule has 1 aliphatic carbocycles. The van der Waals surface area contributed by atoms with E-state index in [1.807, 2.05) is 13.0 Å². The molecule has 3 atom stereocenters. The summed E-state index contributed by atoms with van der Waals surface area (Å²) in [6.45, 7) is 9.23. The fraction of sp³-hybridized carbons (Fsp3) is 0.500. The second-order valence-corrected chi connectivity index (χ2v) is 11.0. The number of hydrogen-bond acceptors (Lipinski definition) is 4. The molecule has 1 saturated heterocycles. The average molecular weight is 471 g/mol. The van der Waals surface area contributed by atoms with Crippen molar-refractivity contribution in [2.45, 2.75) is 68.2 Å². The van der Waals surface area contributed by atoms with E-state index >= 15 is 0 Å². The first-order valence-electron chi connectivity index (χ1n) is 10.5. The summed E-state index contributed by atoms with van der Waals surface area (Å²) in [6.07, 6.45) is -2.62. The van der Waals surface area contributed by atoms with Gasteiger partial charge >= 0.3 is 6.18 Å². The maximum absolute atomic E-state index is 13.9. The van der Waals surface area contributed by atoms with Gasteiger partial charge in [0.2, 0.25) is 0 Å². The Morgan fingerprint density at radius 2 is 1.81 bits per heavy atom. The molecule has 0 amide bonds. The van der Waals surface area contributed by atoms with Crippen molar-refractivity contribution in [3.63, 3.8) is 0 Å². The average Bonchev–Trinajstić information content (AvgIpc) is 2.80. The van der Waals surface area contributed by atoms with Crippen molar-refractivity contribution in [2.24, 2.45) is 5.92 Å². The van der Waals surface area contributed by atoms with Gasteiger partial charge in [-0.05, 0) is 57.7 Å². The molecular formula is C24H29F3O4S. The van der Waals surface area contributed by atoms with Gasteiger partial charge in [0.15, 0.2) is 15.6 Å². The highest BCUT2D eigenvalue weighted by Crippen LogP contribution is 2.42. The Morgan fingerprint density at radius 1 is 1.16 bits per heavy atom. The lowest BCUT2D eigenvalue weighted by molar-refractivity contribution is -0.216. The molecule has 1 fully saturated rings. The van der Waals surface area contributed by atoms with Crippen molar-refractivity contribution in [1.29, 1.82) is 0 Å². The van der Waals surface area contributed by atoms with Gasteiger partial charge in [0, 0.05) is 11.5 Å². The Labute approximate surface area is 187 Å². The predicted molar refractivity (Wildman–Crippen MR) is 117 cm³/mol. The van der Waals surface area contributed by atoms with Crippen LogP contribution in [0.25, 0.3) is 0 Å². The molecule has 0 radical (unpaired) electrons. The van der Waals surface area contributed by atoms with E-state index in [9.17, 15) is 21.6 Å². The highest BCUT2D eigenvalue weighted by Gasteiger charge is 2.47. The van der Waals surface area contributed by atoms with Crippen LogP contribution < -0.4 is 0 Å². The van der Waals surface area contributed by atoms with E-state index in [2.05, 4.69) is 6.58 Å². The first-order chi connectivity index (χ1) is 14.8. The third-order valence-electron chi connectivity index (χ3n) is 5.88. The summed E-state index contributed by atoms with van der Waals surface area (Å²) >= 11 is 0. The van der Waals surface area contributed by atoms with E-state index in [1.165, 1.54) is 12.1 Å². The van der Waals surface area contributed by atoms with E-state index in [0.717, 1.165) is 11.6 Å². The fourth-order valence-corrected chi connectivity index (χ4v) is 6.24. The van der Waals surface area contributed by atoms with Crippen molar-refractivity contribution in [3.05, 3.63) is 65.8 Å². The van der Waals surface area contributed by atoms with Crippen LogP contribution in [-0.2, 0) is 19.3 Å².